The number of phenolic OH excluding ortho intramolecular Hbond substituents is 1. The first-order chi connectivity index (χ1) is 33.1. The van der Waals surface area contributed by atoms with Crippen molar-refractivity contribution in [2.75, 3.05) is 39.0 Å². The molecule has 0 spiro atoms. The molecule has 0 unspecified atom stereocenters. The minimum atomic E-state index is -4.92. The number of nitrogens with one attached hydrogen (secondary N) is 1. The van der Waals surface area contributed by atoms with Crippen molar-refractivity contribution < 1.29 is 63.0 Å². The molecule has 24 heteroatoms. The first kappa shape index (κ1) is 50.3. The number of rotatable bonds is 18. The number of aryl methyl sites for hydroxylation is 2. The fraction of sp³-hybridized carbons (Fsp3) is 0.174. The van der Waals surface area contributed by atoms with Crippen molar-refractivity contribution in [2.45, 2.75) is 30.1 Å². The van der Waals surface area contributed by atoms with E-state index >= 15 is 0 Å². The van der Waals surface area contributed by atoms with Crippen LogP contribution in [-0.4, -0.2) is 77.7 Å². The van der Waals surface area contributed by atoms with Crippen LogP contribution in [0.25, 0.3) is 21.5 Å². The molecule has 0 aliphatic heterocycles. The van der Waals surface area contributed by atoms with E-state index in [1.807, 2.05) is 0 Å². The molecule has 5 N–H and O–H groups in total. The first-order valence-electron chi connectivity index (χ1n) is 20.6. The molecule has 0 aliphatic rings. The molecule has 0 heterocycles. The smallest absolute Gasteiger partial charge is 0.296 e. The van der Waals surface area contributed by atoms with Gasteiger partial charge in [-0.05, 0) is 121 Å². The molecule has 70 heavy (non-hydrogen) atoms. The van der Waals surface area contributed by atoms with E-state index in [-0.39, 0.29) is 41.3 Å². The predicted molar refractivity (Wildman–Crippen MR) is 260 cm³/mol. The number of hydrogen-bond acceptors (Lipinski definition) is 18. The van der Waals surface area contributed by atoms with Crippen LogP contribution in [0.1, 0.15) is 17.5 Å². The van der Waals surface area contributed by atoms with E-state index < -0.39 is 57.3 Å². The average Bonchev–Trinajstić information content (AvgIpc) is 3.31. The summed E-state index contributed by atoms with van der Waals surface area (Å²) in [7, 11) is -9.44. The SMILES string of the molecule is COc1ccc(Nc2ccc3c(O)c(N=Nc4cc(C)c(N=Nc5cc(C)c(N=Nc6ccc7cc(S(=O)(=O)O)cc(OCCCS(=O)(=O)O)c7c6)cc5OC)cc4OC)c(S(=O)(=O)O)cc3c2)cc1. The number of aromatic hydroxyl groups is 1. The highest BCUT2D eigenvalue weighted by Crippen LogP contribution is 2.44. The van der Waals surface area contributed by atoms with Gasteiger partial charge in [-0.15, -0.1) is 15.3 Å². The molecule has 7 aromatic carbocycles. The summed E-state index contributed by atoms with van der Waals surface area (Å²) in [6, 6.07) is 26.5. The topological polar surface area (TPSA) is 306 Å². The van der Waals surface area contributed by atoms with Crippen LogP contribution in [0.2, 0.25) is 0 Å². The van der Waals surface area contributed by atoms with E-state index in [1.165, 1.54) is 32.4 Å². The van der Waals surface area contributed by atoms with Crippen LogP contribution in [0.3, 0.4) is 0 Å². The lowest BCUT2D eigenvalue weighted by Gasteiger charge is -2.12. The van der Waals surface area contributed by atoms with Crippen LogP contribution >= 0.6 is 0 Å². The van der Waals surface area contributed by atoms with Crippen molar-refractivity contribution in [1.82, 2.24) is 0 Å². The summed E-state index contributed by atoms with van der Waals surface area (Å²) in [5.74, 6) is 0.00537. The minimum Gasteiger partial charge on any atom is -0.505 e. The highest BCUT2D eigenvalue weighted by molar-refractivity contribution is 7.86. The fourth-order valence-electron chi connectivity index (χ4n) is 6.95. The number of fused-ring (bicyclic) bond motifs is 2. The fourth-order valence-corrected chi connectivity index (χ4v) is 8.62. The second-order valence-electron chi connectivity index (χ2n) is 15.3. The van der Waals surface area contributed by atoms with Crippen molar-refractivity contribution in [3.8, 4) is 28.7 Å². The number of phenols is 1. The van der Waals surface area contributed by atoms with Crippen LogP contribution < -0.4 is 24.3 Å². The van der Waals surface area contributed by atoms with Gasteiger partial charge < -0.3 is 29.4 Å². The molecule has 0 aliphatic carbocycles. The Morgan fingerprint density at radius 3 is 1.73 bits per heavy atom. The van der Waals surface area contributed by atoms with E-state index in [9.17, 15) is 39.5 Å². The van der Waals surface area contributed by atoms with E-state index in [1.54, 1.807) is 99.8 Å². The van der Waals surface area contributed by atoms with E-state index in [0.717, 1.165) is 11.8 Å². The number of azo groups is 3. The number of methoxy groups -OCH3 is 3. The number of benzene rings is 7. The van der Waals surface area contributed by atoms with Gasteiger partial charge in [0.15, 0.2) is 5.75 Å². The maximum absolute atomic E-state index is 12.6. The molecular formula is C46H43N7O14S3. The van der Waals surface area contributed by atoms with Gasteiger partial charge in [0.1, 0.15) is 45.0 Å². The molecule has 0 amide bonds. The quantitative estimate of drug-likeness (QED) is 0.0303. The maximum Gasteiger partial charge on any atom is 0.296 e. The molecule has 0 radical (unpaired) electrons. The van der Waals surface area contributed by atoms with Crippen LogP contribution in [0.4, 0.5) is 45.5 Å². The Labute approximate surface area is 401 Å². The van der Waals surface area contributed by atoms with Gasteiger partial charge in [-0.2, -0.15) is 40.6 Å². The molecule has 0 bridgehead atoms. The van der Waals surface area contributed by atoms with E-state index in [0.29, 0.717) is 61.5 Å². The van der Waals surface area contributed by atoms with Gasteiger partial charge in [-0.25, -0.2) is 0 Å². The lowest BCUT2D eigenvalue weighted by atomic mass is 10.1. The lowest BCUT2D eigenvalue weighted by Crippen LogP contribution is -2.09. The van der Waals surface area contributed by atoms with Crippen molar-refractivity contribution in [3.63, 3.8) is 0 Å². The minimum absolute atomic E-state index is 0.0160. The summed E-state index contributed by atoms with van der Waals surface area (Å²) < 4.78 is 123. The average molecular weight is 1010 g/mol. The molecular weight excluding hydrogens is 971 g/mol. The molecule has 0 saturated carbocycles. The normalized spacial score (nSPS) is 12.4. The van der Waals surface area contributed by atoms with Gasteiger partial charge in [-0.1, -0.05) is 6.07 Å². The third-order valence-corrected chi connectivity index (χ3v) is 13.0. The molecule has 0 aromatic heterocycles. The van der Waals surface area contributed by atoms with Crippen molar-refractivity contribution in [3.05, 3.63) is 114 Å². The summed E-state index contributed by atoms with van der Waals surface area (Å²) >= 11 is 0. The first-order valence-corrected chi connectivity index (χ1v) is 25.1. The largest absolute Gasteiger partial charge is 0.505 e. The monoisotopic (exact) mass is 1010 g/mol. The zero-order valence-electron chi connectivity index (χ0n) is 37.7. The van der Waals surface area contributed by atoms with Gasteiger partial charge in [0.05, 0.1) is 55.6 Å². The Balaban J connectivity index is 1.12. The number of nitrogens with zero attached hydrogens (tertiary/aromatic N) is 6. The van der Waals surface area contributed by atoms with Gasteiger partial charge in [0.2, 0.25) is 0 Å². The molecule has 0 saturated heterocycles. The third-order valence-electron chi connectivity index (χ3n) is 10.5. The molecule has 21 nitrogen and oxygen atoms in total. The number of ether oxygens (including phenoxy) is 4. The second-order valence-corrected chi connectivity index (χ2v) is 19.7. The van der Waals surface area contributed by atoms with Gasteiger partial charge in [0.25, 0.3) is 30.4 Å². The molecule has 0 fully saturated rings. The standard InChI is InChI=1S/C46H43N7O14S3/c1-26-17-39(42(65-4)24-37(26)49-48-32-8-7-28-20-34(69(58,59)60)23-41(36(28)22-32)67-15-6-16-68(55,56)57)51-50-38-25-43(66-5)40(18-27(38)2)52-53-45-44(70(61,62)63)21-29-19-31(11-14-35(29)46(45)54)47-30-9-12-33(64-3)13-10-30/h7-14,17-25,47,54H,6,15-16H2,1-5H3,(H,55,56,57)(H,58,59,60)(H,61,62,63). The van der Waals surface area contributed by atoms with Gasteiger partial charge >= 0.3 is 0 Å². The maximum atomic E-state index is 12.6. The van der Waals surface area contributed by atoms with E-state index in [4.69, 9.17) is 23.5 Å². The number of anilines is 2. The van der Waals surface area contributed by atoms with Crippen molar-refractivity contribution in [2.24, 2.45) is 30.7 Å². The Kier molecular flexibility index (Phi) is 14.8. The highest BCUT2D eigenvalue weighted by Gasteiger charge is 2.23. The summed E-state index contributed by atoms with van der Waals surface area (Å²) in [5.41, 5.74) is 3.50. The van der Waals surface area contributed by atoms with E-state index in [2.05, 4.69) is 36.0 Å². The van der Waals surface area contributed by atoms with Gasteiger partial charge in [0, 0.05) is 40.3 Å². The Morgan fingerprint density at radius 1 is 0.543 bits per heavy atom. The van der Waals surface area contributed by atoms with Crippen molar-refractivity contribution >= 4 is 97.4 Å². The van der Waals surface area contributed by atoms with Crippen LogP contribution in [0, 0.1) is 13.8 Å². The summed E-state index contributed by atoms with van der Waals surface area (Å²) in [6.07, 6.45) is -0.0987. The Morgan fingerprint density at radius 2 is 1.14 bits per heavy atom. The molecule has 364 valence electrons. The van der Waals surface area contributed by atoms with Crippen LogP contribution in [0.5, 0.6) is 28.7 Å². The van der Waals surface area contributed by atoms with Crippen LogP contribution in [0.15, 0.2) is 144 Å². The Bertz CT molecular complexity index is 3610. The van der Waals surface area contributed by atoms with Crippen molar-refractivity contribution in [1.29, 1.82) is 0 Å². The third kappa shape index (κ3) is 12.0. The van der Waals surface area contributed by atoms with Gasteiger partial charge in [-0.3, -0.25) is 13.7 Å². The van der Waals surface area contributed by atoms with Crippen LogP contribution in [-0.2, 0) is 30.4 Å². The second kappa shape index (κ2) is 20.5. The predicted octanol–water partition coefficient (Wildman–Crippen LogP) is 11.5. The summed E-state index contributed by atoms with van der Waals surface area (Å²) in [6.45, 7) is 3.28. The summed E-state index contributed by atoms with van der Waals surface area (Å²) in [5, 5.41) is 41.6. The molecule has 7 aromatic rings. The Hall–Kier alpha value is -7.61. The molecule has 7 rings (SSSR count). The lowest BCUT2D eigenvalue weighted by molar-refractivity contribution is 0.319. The highest BCUT2D eigenvalue weighted by atomic mass is 32.2. The molecule has 0 atom stereocenters. The number of hydrogen-bond donors (Lipinski definition) is 5. The summed E-state index contributed by atoms with van der Waals surface area (Å²) in [4.78, 5) is -1.12. The zero-order chi connectivity index (χ0) is 50.5. The zero-order valence-corrected chi connectivity index (χ0v) is 40.2.